The average Bonchev–Trinajstić information content (AvgIpc) is 2.77. The van der Waals surface area contributed by atoms with Crippen molar-refractivity contribution in [1.82, 2.24) is 10.2 Å². The quantitative estimate of drug-likeness (QED) is 0.172. The summed E-state index contributed by atoms with van der Waals surface area (Å²) >= 11 is 0. The zero-order valence-electron chi connectivity index (χ0n) is 13.7. The van der Waals surface area contributed by atoms with Crippen molar-refractivity contribution in [3.8, 4) is 0 Å². The largest absolute Gasteiger partial charge is 0.446 e. The Morgan fingerprint density at radius 1 is 1.57 bits per heavy atom. The zero-order valence-corrected chi connectivity index (χ0v) is 13.7. The Kier molecular flexibility index (Phi) is 4.55. The normalized spacial score (nSPS) is 32.8. The third-order valence-electron chi connectivity index (χ3n) is 4.61. The monoisotopic (exact) mass is 329 g/mol. The number of nitrogens with one attached hydrogen (secondary N) is 2. The van der Waals surface area contributed by atoms with Crippen LogP contribution in [-0.4, -0.2) is 83.6 Å². The fourth-order valence-electron chi connectivity index (χ4n) is 3.33. The van der Waals surface area contributed by atoms with Crippen molar-refractivity contribution in [3.63, 3.8) is 0 Å². The van der Waals surface area contributed by atoms with Gasteiger partial charge in [-0.15, -0.1) is 0 Å². The number of hydrogen-bond acceptors (Lipinski definition) is 5. The number of carbonyl (C=O) groups is 1. The molecule has 2 aliphatic heterocycles. The standard InChI is InChI=1S/C13H25N7O3/c1-13-8(21)4-5-20(13)11(16)17-7(9(13)18-10(14)15)6-23-12(22)19(2)3/h7-9,21H,4-6H2,1-3H3,(H6,14,15,16,17,18)/p+2/t7?,8-,9?,13?/m0/s1. The summed E-state index contributed by atoms with van der Waals surface area (Å²) < 4.78 is 7.15. The number of amides is 1. The summed E-state index contributed by atoms with van der Waals surface area (Å²) in [6, 6.07) is -0.790. The molecule has 4 atom stereocenters. The second kappa shape index (κ2) is 6.11. The predicted molar refractivity (Wildman–Crippen MR) is 83.4 cm³/mol. The second-order valence-corrected chi connectivity index (χ2v) is 6.37. The molecule has 0 saturated carbocycles. The Balaban J connectivity index is 2.32. The maximum absolute atomic E-state index is 11.7. The molecule has 2 rings (SSSR count). The molecule has 0 aromatic heterocycles. The summed E-state index contributed by atoms with van der Waals surface area (Å²) in [7, 11) is 3.20. The number of aliphatic hydroxyl groups is 1. The van der Waals surface area contributed by atoms with E-state index in [1.54, 1.807) is 14.1 Å². The fraction of sp³-hybridized carbons (Fsp3) is 0.769. The van der Waals surface area contributed by atoms with Crippen LogP contribution in [0.4, 0.5) is 4.79 Å². The molecule has 0 aromatic carbocycles. The number of nitrogens with two attached hydrogens (primary N) is 3. The molecule has 1 fully saturated rings. The van der Waals surface area contributed by atoms with Gasteiger partial charge in [0, 0.05) is 20.5 Å². The third-order valence-corrected chi connectivity index (χ3v) is 4.61. The van der Waals surface area contributed by atoms with E-state index in [0.29, 0.717) is 18.9 Å². The molecule has 9 N–H and O–H groups in total. The van der Waals surface area contributed by atoms with Crippen LogP contribution in [0.3, 0.4) is 0 Å². The summed E-state index contributed by atoms with van der Waals surface area (Å²) in [5, 5.41) is 13.6. The lowest BCUT2D eigenvalue weighted by Gasteiger charge is -2.40. The summed E-state index contributed by atoms with van der Waals surface area (Å²) in [5.74, 6) is 0.463. The van der Waals surface area contributed by atoms with Gasteiger partial charge in [-0.1, -0.05) is 0 Å². The van der Waals surface area contributed by atoms with Gasteiger partial charge >= 0.3 is 18.0 Å². The highest BCUT2D eigenvalue weighted by atomic mass is 16.6. The maximum atomic E-state index is 11.7. The van der Waals surface area contributed by atoms with Crippen molar-refractivity contribution in [2.75, 3.05) is 27.2 Å². The predicted octanol–water partition coefficient (Wildman–Crippen LogP) is -4.77. The summed E-state index contributed by atoms with van der Waals surface area (Å²) in [5.41, 5.74) is 16.6. The number of guanidine groups is 2. The van der Waals surface area contributed by atoms with Gasteiger partial charge < -0.3 is 14.7 Å². The Hall–Kier alpha value is -2.23. The molecule has 3 unspecified atom stereocenters. The van der Waals surface area contributed by atoms with Gasteiger partial charge in [0.2, 0.25) is 0 Å². The molecule has 10 nitrogen and oxygen atoms in total. The van der Waals surface area contributed by atoms with Crippen molar-refractivity contribution in [2.24, 2.45) is 17.2 Å². The molecule has 1 amide bonds. The molecule has 130 valence electrons. The number of carbonyl (C=O) groups excluding carboxylic acids is 1. The first-order valence-electron chi connectivity index (χ1n) is 7.51. The lowest BCUT2D eigenvalue weighted by Crippen LogP contribution is -2.95. The first-order chi connectivity index (χ1) is 10.7. The molecule has 1 saturated heterocycles. The molecule has 0 aliphatic carbocycles. The van der Waals surface area contributed by atoms with E-state index in [-0.39, 0.29) is 12.6 Å². The minimum Gasteiger partial charge on any atom is -0.446 e. The van der Waals surface area contributed by atoms with Crippen LogP contribution in [-0.2, 0) is 4.74 Å². The molecule has 0 aromatic rings. The number of ether oxygens (including phenoxy) is 1. The van der Waals surface area contributed by atoms with Crippen LogP contribution in [0.2, 0.25) is 0 Å². The molecule has 0 spiro atoms. The van der Waals surface area contributed by atoms with Crippen molar-refractivity contribution >= 4 is 18.0 Å². The average molecular weight is 329 g/mol. The van der Waals surface area contributed by atoms with Crippen molar-refractivity contribution in [3.05, 3.63) is 0 Å². The van der Waals surface area contributed by atoms with Crippen LogP contribution in [0.15, 0.2) is 0 Å². The smallest absolute Gasteiger partial charge is 0.409 e. The molecule has 23 heavy (non-hydrogen) atoms. The van der Waals surface area contributed by atoms with Crippen LogP contribution < -0.4 is 27.5 Å². The summed E-state index contributed by atoms with van der Waals surface area (Å²) in [4.78, 5) is 16.0. The lowest BCUT2D eigenvalue weighted by molar-refractivity contribution is -0.669. The maximum Gasteiger partial charge on any atom is 0.409 e. The van der Waals surface area contributed by atoms with E-state index in [4.69, 9.17) is 21.9 Å². The summed E-state index contributed by atoms with van der Waals surface area (Å²) in [6.45, 7) is 2.56. The number of nitrogens with zero attached hydrogens (tertiary/aromatic N) is 2. The summed E-state index contributed by atoms with van der Waals surface area (Å²) in [6.07, 6.45) is -0.508. The number of fused-ring (bicyclic) bond motifs is 1. The minimum absolute atomic E-state index is 0.0292. The Bertz CT molecular complexity index is 544. The Morgan fingerprint density at radius 2 is 2.22 bits per heavy atom. The van der Waals surface area contributed by atoms with E-state index >= 15 is 0 Å². The Morgan fingerprint density at radius 3 is 2.78 bits per heavy atom. The lowest BCUT2D eigenvalue weighted by atomic mass is 9.82. The molecule has 0 bridgehead atoms. The Labute approximate surface area is 135 Å². The highest BCUT2D eigenvalue weighted by molar-refractivity contribution is 5.74. The molecule has 2 aliphatic rings. The molecule has 2 heterocycles. The van der Waals surface area contributed by atoms with E-state index in [2.05, 4.69) is 10.3 Å². The van der Waals surface area contributed by atoms with Gasteiger partial charge in [0.15, 0.2) is 0 Å². The fourth-order valence-corrected chi connectivity index (χ4v) is 3.33. The van der Waals surface area contributed by atoms with Gasteiger partial charge in [-0.25, -0.2) is 4.79 Å². The van der Waals surface area contributed by atoms with Crippen LogP contribution in [0.5, 0.6) is 0 Å². The van der Waals surface area contributed by atoms with E-state index in [0.717, 1.165) is 0 Å². The van der Waals surface area contributed by atoms with Crippen LogP contribution in [0.25, 0.3) is 0 Å². The molecular formula is C13H27N7O3+2. The van der Waals surface area contributed by atoms with Gasteiger partial charge in [0.05, 0.1) is 12.6 Å². The minimum atomic E-state index is -0.714. The van der Waals surface area contributed by atoms with Gasteiger partial charge in [-0.2, -0.15) is 0 Å². The van der Waals surface area contributed by atoms with Crippen molar-refractivity contribution in [2.45, 2.75) is 37.1 Å². The number of hydrogen-bond donors (Lipinski definition) is 6. The third kappa shape index (κ3) is 2.98. The van der Waals surface area contributed by atoms with Crippen molar-refractivity contribution in [1.29, 1.82) is 0 Å². The van der Waals surface area contributed by atoms with Gasteiger partial charge in [0.25, 0.3) is 0 Å². The first-order valence-corrected chi connectivity index (χ1v) is 7.51. The van der Waals surface area contributed by atoms with E-state index in [1.807, 2.05) is 11.5 Å². The second-order valence-electron chi connectivity index (χ2n) is 6.37. The van der Waals surface area contributed by atoms with Gasteiger partial charge in [-0.3, -0.25) is 32.1 Å². The van der Waals surface area contributed by atoms with Crippen LogP contribution >= 0.6 is 0 Å². The molecule has 0 radical (unpaired) electrons. The van der Waals surface area contributed by atoms with Crippen LogP contribution in [0.1, 0.15) is 13.3 Å². The highest BCUT2D eigenvalue weighted by Gasteiger charge is 2.58. The number of rotatable bonds is 3. The SMILES string of the molecule is CN(C)C(=O)OCC1NC(N)=[N+]2CC[C@H](O)C2(C)C1[NH+]=C(N)N. The van der Waals surface area contributed by atoms with E-state index in [1.165, 1.54) is 4.90 Å². The van der Waals surface area contributed by atoms with E-state index < -0.39 is 29.8 Å². The van der Waals surface area contributed by atoms with Gasteiger partial charge in [-0.05, 0) is 6.92 Å². The molecular weight excluding hydrogens is 302 g/mol. The zero-order chi connectivity index (χ0) is 17.4. The highest BCUT2D eigenvalue weighted by Crippen LogP contribution is 2.31. The molecule has 10 heteroatoms. The van der Waals surface area contributed by atoms with E-state index in [9.17, 15) is 9.90 Å². The van der Waals surface area contributed by atoms with Crippen molar-refractivity contribution < 1.29 is 24.2 Å². The van der Waals surface area contributed by atoms with Gasteiger partial charge in [0.1, 0.15) is 24.2 Å². The first kappa shape index (κ1) is 17.1. The number of aliphatic hydroxyl groups excluding tert-OH is 1. The van der Waals surface area contributed by atoms with Crippen LogP contribution in [0, 0.1) is 0 Å². The topological polar surface area (TPSA) is 157 Å².